The molecule has 11 heteroatoms. The second kappa shape index (κ2) is 7.67. The van der Waals surface area contributed by atoms with Crippen LogP contribution in [0.1, 0.15) is 18.9 Å². The van der Waals surface area contributed by atoms with Gasteiger partial charge in [-0.15, -0.1) is 0 Å². The molecule has 3 N–H and O–H groups in total. The molecule has 0 radical (unpaired) electrons. The minimum Gasteiger partial charge on any atom is -0.369 e. The average molecular weight is 442 g/mol. The van der Waals surface area contributed by atoms with E-state index in [2.05, 4.69) is 10.3 Å². The zero-order valence-corrected chi connectivity index (χ0v) is 16.9. The highest BCUT2D eigenvalue weighted by molar-refractivity contribution is 6.31. The Kier molecular flexibility index (Phi) is 5.55. The number of carbonyl (C=O) groups is 2. The average Bonchev–Trinajstić information content (AvgIpc) is 2.65. The van der Waals surface area contributed by atoms with Crippen molar-refractivity contribution >= 4 is 35.2 Å². The molecule has 0 aromatic heterocycles. The van der Waals surface area contributed by atoms with Gasteiger partial charge < -0.3 is 11.1 Å². The summed E-state index contributed by atoms with van der Waals surface area (Å²) in [5, 5.41) is 1.88. The maximum atomic E-state index is 13.3. The van der Waals surface area contributed by atoms with Crippen LogP contribution >= 0.6 is 11.6 Å². The molecule has 160 valence electrons. The van der Waals surface area contributed by atoms with Crippen LogP contribution in [0.4, 0.5) is 23.7 Å². The lowest BCUT2D eigenvalue weighted by Crippen LogP contribution is -2.47. The van der Waals surface area contributed by atoms with Crippen LogP contribution < -0.4 is 11.1 Å². The molecule has 0 saturated heterocycles. The lowest BCUT2D eigenvalue weighted by atomic mass is 9.87. The highest BCUT2D eigenvalue weighted by Crippen LogP contribution is 2.36. The van der Waals surface area contributed by atoms with Crippen molar-refractivity contribution in [1.29, 1.82) is 0 Å². The molecule has 2 aliphatic rings. The Labute approximate surface area is 175 Å². The van der Waals surface area contributed by atoms with Gasteiger partial charge in [-0.2, -0.15) is 13.2 Å². The van der Waals surface area contributed by atoms with E-state index in [-0.39, 0.29) is 30.5 Å². The molecule has 0 aliphatic carbocycles. The van der Waals surface area contributed by atoms with Gasteiger partial charge >= 0.3 is 12.2 Å². The SMILES string of the molecule is CN1C(=O)C[C@@](C)(c2cccc(NC(=O)N3CC=CC(Cl)=C3C(F)(F)F)c2)N=C1N. The second-order valence-corrected chi connectivity index (χ2v) is 7.50. The van der Waals surface area contributed by atoms with Gasteiger partial charge in [0.05, 0.1) is 17.0 Å². The normalized spacial score (nSPS) is 22.3. The van der Waals surface area contributed by atoms with Crippen LogP contribution in [0.5, 0.6) is 0 Å². The molecule has 1 atom stereocenters. The number of anilines is 1. The summed E-state index contributed by atoms with van der Waals surface area (Å²) < 4.78 is 40.0. The highest BCUT2D eigenvalue weighted by atomic mass is 35.5. The summed E-state index contributed by atoms with van der Waals surface area (Å²) in [5.41, 5.74) is 4.43. The molecule has 3 rings (SSSR count). The van der Waals surface area contributed by atoms with Crippen molar-refractivity contribution in [3.05, 3.63) is 52.7 Å². The topological polar surface area (TPSA) is 91.0 Å². The number of nitrogens with two attached hydrogens (primary N) is 1. The number of rotatable bonds is 2. The van der Waals surface area contributed by atoms with Crippen molar-refractivity contribution in [2.45, 2.75) is 25.1 Å². The summed E-state index contributed by atoms with van der Waals surface area (Å²) >= 11 is 5.68. The molecule has 0 fully saturated rings. The first-order valence-electron chi connectivity index (χ1n) is 8.87. The van der Waals surface area contributed by atoms with E-state index < -0.39 is 28.5 Å². The Morgan fingerprint density at radius 3 is 2.70 bits per heavy atom. The number of aliphatic imine (C=N–C) groups is 1. The van der Waals surface area contributed by atoms with Crippen LogP contribution in [-0.2, 0) is 10.3 Å². The van der Waals surface area contributed by atoms with Crippen LogP contribution in [0.2, 0.25) is 0 Å². The number of benzene rings is 1. The van der Waals surface area contributed by atoms with Crippen LogP contribution in [0, 0.1) is 0 Å². The molecule has 1 aromatic rings. The Morgan fingerprint density at radius 1 is 1.37 bits per heavy atom. The molecule has 30 heavy (non-hydrogen) atoms. The number of guanidine groups is 1. The van der Waals surface area contributed by atoms with Crippen molar-refractivity contribution in [1.82, 2.24) is 9.80 Å². The quantitative estimate of drug-likeness (QED) is 0.736. The number of carbonyl (C=O) groups excluding carboxylic acids is 2. The van der Waals surface area contributed by atoms with E-state index in [4.69, 9.17) is 17.3 Å². The van der Waals surface area contributed by atoms with Gasteiger partial charge in [0.2, 0.25) is 5.91 Å². The molecule has 7 nitrogen and oxygen atoms in total. The van der Waals surface area contributed by atoms with E-state index in [1.165, 1.54) is 24.1 Å². The van der Waals surface area contributed by atoms with E-state index in [1.807, 2.05) is 0 Å². The van der Waals surface area contributed by atoms with Gasteiger partial charge in [0.25, 0.3) is 0 Å². The number of nitrogens with zero attached hydrogens (tertiary/aromatic N) is 3. The number of nitrogens with one attached hydrogen (secondary N) is 1. The van der Waals surface area contributed by atoms with Gasteiger partial charge in [-0.1, -0.05) is 29.8 Å². The lowest BCUT2D eigenvalue weighted by molar-refractivity contribution is -0.128. The Bertz CT molecular complexity index is 989. The fourth-order valence-corrected chi connectivity index (χ4v) is 3.53. The van der Waals surface area contributed by atoms with E-state index in [9.17, 15) is 22.8 Å². The monoisotopic (exact) mass is 441 g/mol. The number of urea groups is 1. The molecule has 1 aromatic carbocycles. The zero-order valence-electron chi connectivity index (χ0n) is 16.1. The summed E-state index contributed by atoms with van der Waals surface area (Å²) in [5.74, 6) is -0.174. The van der Waals surface area contributed by atoms with E-state index in [1.54, 1.807) is 25.1 Å². The first-order valence-corrected chi connectivity index (χ1v) is 9.24. The fourth-order valence-electron chi connectivity index (χ4n) is 3.23. The van der Waals surface area contributed by atoms with Crippen molar-refractivity contribution in [2.24, 2.45) is 10.7 Å². The van der Waals surface area contributed by atoms with Crippen molar-refractivity contribution in [3.63, 3.8) is 0 Å². The smallest absolute Gasteiger partial charge is 0.369 e. The molecule has 0 saturated carbocycles. The third kappa shape index (κ3) is 4.13. The number of allylic oxidation sites excluding steroid dienone is 3. The number of alkyl halides is 3. The summed E-state index contributed by atoms with van der Waals surface area (Å²) in [4.78, 5) is 30.9. The maximum absolute atomic E-state index is 13.3. The van der Waals surface area contributed by atoms with Crippen LogP contribution in [0.25, 0.3) is 0 Å². The minimum absolute atomic E-state index is 0.0507. The summed E-state index contributed by atoms with van der Waals surface area (Å²) in [7, 11) is 1.52. The zero-order chi connectivity index (χ0) is 22.3. The first kappa shape index (κ1) is 21.7. The Balaban J connectivity index is 1.87. The maximum Gasteiger partial charge on any atom is 0.433 e. The number of amides is 3. The van der Waals surface area contributed by atoms with E-state index in [0.29, 0.717) is 10.5 Å². The third-order valence-electron chi connectivity index (χ3n) is 4.87. The summed E-state index contributed by atoms with van der Waals surface area (Å²) in [6.45, 7) is 1.43. The molecular formula is C19H19ClF3N5O2. The molecule has 2 heterocycles. The Hall–Kier alpha value is -3.01. The van der Waals surface area contributed by atoms with Crippen molar-refractivity contribution in [3.8, 4) is 0 Å². The highest BCUT2D eigenvalue weighted by Gasteiger charge is 2.43. The molecule has 2 aliphatic heterocycles. The third-order valence-corrected chi connectivity index (χ3v) is 5.18. The first-order chi connectivity index (χ1) is 13.9. The van der Waals surface area contributed by atoms with Crippen molar-refractivity contribution in [2.75, 3.05) is 18.9 Å². The summed E-state index contributed by atoms with van der Waals surface area (Å²) in [6.07, 6.45) is -2.28. The van der Waals surface area contributed by atoms with Gasteiger partial charge in [0.15, 0.2) is 5.96 Å². The largest absolute Gasteiger partial charge is 0.433 e. The van der Waals surface area contributed by atoms with E-state index >= 15 is 0 Å². The Morgan fingerprint density at radius 2 is 2.07 bits per heavy atom. The molecule has 3 amide bonds. The number of hydrogen-bond donors (Lipinski definition) is 2. The number of halogens is 4. The molecule has 0 unspecified atom stereocenters. The van der Waals surface area contributed by atoms with Gasteiger partial charge in [0, 0.05) is 19.3 Å². The molecular weight excluding hydrogens is 423 g/mol. The summed E-state index contributed by atoms with van der Waals surface area (Å²) in [6, 6.07) is 5.38. The van der Waals surface area contributed by atoms with Gasteiger partial charge in [-0.05, 0) is 30.7 Å². The standard InChI is InChI=1S/C19H19ClF3N5O2/c1-18(10-14(29)27(2)16(24)26-18)11-5-3-6-12(9-11)25-17(30)28-8-4-7-13(20)15(28)19(21,22)23/h3-7,9H,8,10H2,1-2H3,(H2,24,26)(H,25,30)/t18-/m0/s1. The molecule has 0 bridgehead atoms. The minimum atomic E-state index is -4.80. The van der Waals surface area contributed by atoms with Crippen LogP contribution in [-0.4, -0.2) is 47.5 Å². The van der Waals surface area contributed by atoms with Crippen LogP contribution in [0.15, 0.2) is 52.1 Å². The second-order valence-electron chi connectivity index (χ2n) is 7.09. The predicted octanol–water partition coefficient (Wildman–Crippen LogP) is 3.50. The van der Waals surface area contributed by atoms with E-state index in [0.717, 1.165) is 6.08 Å². The predicted molar refractivity (Wildman–Crippen MR) is 107 cm³/mol. The number of hydrogen-bond acceptors (Lipinski definition) is 4. The van der Waals surface area contributed by atoms with Crippen molar-refractivity contribution < 1.29 is 22.8 Å². The molecule has 0 spiro atoms. The fraction of sp³-hybridized carbons (Fsp3) is 0.316. The van der Waals surface area contributed by atoms with Gasteiger partial charge in [-0.25, -0.2) is 9.79 Å². The van der Waals surface area contributed by atoms with Gasteiger partial charge in [-0.3, -0.25) is 14.6 Å². The van der Waals surface area contributed by atoms with Gasteiger partial charge in [0.1, 0.15) is 5.70 Å². The lowest BCUT2D eigenvalue weighted by Gasteiger charge is -2.34. The van der Waals surface area contributed by atoms with Crippen LogP contribution in [0.3, 0.4) is 0 Å².